The fraction of sp³-hybridized carbons (Fsp3) is 0.417. The molecule has 0 aliphatic carbocycles. The van der Waals surface area contributed by atoms with Crippen molar-refractivity contribution in [3.05, 3.63) is 23.8 Å². The largest absolute Gasteiger partial charge is 0.351 e. The van der Waals surface area contributed by atoms with Crippen molar-refractivity contribution in [3.8, 4) is 0 Å². The van der Waals surface area contributed by atoms with Crippen molar-refractivity contribution in [1.29, 1.82) is 0 Å². The molecule has 2 amide bonds. The van der Waals surface area contributed by atoms with Gasteiger partial charge < -0.3 is 5.73 Å². The van der Waals surface area contributed by atoms with Crippen LogP contribution in [0.25, 0.3) is 0 Å². The minimum absolute atomic E-state index is 0.186. The molecule has 5 nitrogen and oxygen atoms in total. The van der Waals surface area contributed by atoms with E-state index in [2.05, 4.69) is 0 Å². The van der Waals surface area contributed by atoms with Gasteiger partial charge in [0.1, 0.15) is 4.87 Å². The molecule has 2 N–H and O–H groups in total. The highest BCUT2D eigenvalue weighted by atomic mass is 32.2. The SMILES string of the molecule is CCc1ccc2c(c1)S(=O)(=O)C(C)(C)N2C(N)=O. The summed E-state index contributed by atoms with van der Waals surface area (Å²) >= 11 is 0. The van der Waals surface area contributed by atoms with E-state index in [1.54, 1.807) is 12.1 Å². The summed E-state index contributed by atoms with van der Waals surface area (Å²) in [4.78, 5) is 11.5. The Labute approximate surface area is 107 Å². The maximum absolute atomic E-state index is 12.4. The third-order valence-electron chi connectivity index (χ3n) is 3.38. The number of anilines is 1. The van der Waals surface area contributed by atoms with Crippen LogP contribution in [0.4, 0.5) is 10.5 Å². The Morgan fingerprint density at radius 2 is 2.00 bits per heavy atom. The second-order valence-corrected chi connectivity index (χ2v) is 7.23. The number of hydrogen-bond donors (Lipinski definition) is 1. The number of nitrogens with zero attached hydrogens (tertiary/aromatic N) is 1. The Balaban J connectivity index is 2.78. The molecule has 1 aliphatic heterocycles. The first kappa shape index (κ1) is 12.9. The molecule has 0 unspecified atom stereocenters. The van der Waals surface area contributed by atoms with Gasteiger partial charge in [0, 0.05) is 0 Å². The lowest BCUT2D eigenvalue weighted by atomic mass is 10.1. The van der Waals surface area contributed by atoms with E-state index in [4.69, 9.17) is 5.73 Å². The number of fused-ring (bicyclic) bond motifs is 1. The fourth-order valence-corrected chi connectivity index (χ4v) is 3.95. The highest BCUT2D eigenvalue weighted by Gasteiger charge is 2.52. The third-order valence-corrected chi connectivity index (χ3v) is 5.78. The second kappa shape index (κ2) is 3.71. The number of sulfone groups is 1. The van der Waals surface area contributed by atoms with Crippen LogP contribution in [0.1, 0.15) is 26.3 Å². The summed E-state index contributed by atoms with van der Waals surface area (Å²) < 4.78 is 24.9. The van der Waals surface area contributed by atoms with Crippen molar-refractivity contribution in [3.63, 3.8) is 0 Å². The molecular formula is C12H16N2O3S. The predicted octanol–water partition coefficient (Wildman–Crippen LogP) is 1.66. The van der Waals surface area contributed by atoms with E-state index in [1.165, 1.54) is 13.8 Å². The van der Waals surface area contributed by atoms with Crippen molar-refractivity contribution in [2.24, 2.45) is 5.73 Å². The summed E-state index contributed by atoms with van der Waals surface area (Å²) in [6, 6.07) is 4.32. The number of benzene rings is 1. The highest BCUT2D eigenvalue weighted by Crippen LogP contribution is 2.44. The molecule has 0 atom stereocenters. The van der Waals surface area contributed by atoms with Crippen LogP contribution < -0.4 is 10.6 Å². The topological polar surface area (TPSA) is 80.5 Å². The van der Waals surface area contributed by atoms with Crippen LogP contribution in [-0.2, 0) is 16.3 Å². The number of carbonyl (C=O) groups excluding carboxylic acids is 1. The molecule has 0 spiro atoms. The van der Waals surface area contributed by atoms with Crippen LogP contribution in [0.3, 0.4) is 0 Å². The van der Waals surface area contributed by atoms with E-state index in [-0.39, 0.29) is 4.90 Å². The van der Waals surface area contributed by atoms with Crippen molar-refractivity contribution < 1.29 is 13.2 Å². The van der Waals surface area contributed by atoms with Crippen LogP contribution in [0.5, 0.6) is 0 Å². The van der Waals surface area contributed by atoms with Crippen LogP contribution in [0.15, 0.2) is 23.1 Å². The average molecular weight is 268 g/mol. The van der Waals surface area contributed by atoms with Crippen LogP contribution in [0, 0.1) is 0 Å². The maximum atomic E-state index is 12.4. The number of aryl methyl sites for hydroxylation is 1. The number of carbonyl (C=O) groups is 1. The molecular weight excluding hydrogens is 252 g/mol. The van der Waals surface area contributed by atoms with Crippen molar-refractivity contribution in [2.45, 2.75) is 37.0 Å². The fourth-order valence-electron chi connectivity index (χ4n) is 2.24. The maximum Gasteiger partial charge on any atom is 0.320 e. The Kier molecular flexibility index (Phi) is 2.66. The molecule has 2 rings (SSSR count). The number of amides is 2. The molecule has 0 fully saturated rings. The zero-order valence-corrected chi connectivity index (χ0v) is 11.4. The molecule has 98 valence electrons. The van der Waals surface area contributed by atoms with E-state index in [9.17, 15) is 13.2 Å². The highest BCUT2D eigenvalue weighted by molar-refractivity contribution is 7.93. The molecule has 0 aromatic heterocycles. The predicted molar refractivity (Wildman–Crippen MR) is 69.1 cm³/mol. The molecule has 18 heavy (non-hydrogen) atoms. The first-order chi connectivity index (χ1) is 8.23. The van der Waals surface area contributed by atoms with Crippen molar-refractivity contribution in [1.82, 2.24) is 0 Å². The number of primary amides is 1. The van der Waals surface area contributed by atoms with Crippen molar-refractivity contribution in [2.75, 3.05) is 4.90 Å². The lowest BCUT2D eigenvalue weighted by molar-refractivity contribution is 0.251. The first-order valence-corrected chi connectivity index (χ1v) is 7.19. The third kappa shape index (κ3) is 1.45. The molecule has 0 saturated carbocycles. The van der Waals surface area contributed by atoms with Gasteiger partial charge in [-0.3, -0.25) is 4.90 Å². The van der Waals surface area contributed by atoms with E-state index in [0.717, 1.165) is 16.9 Å². The molecule has 1 aromatic rings. The molecule has 1 aliphatic rings. The summed E-state index contributed by atoms with van der Waals surface area (Å²) in [5.74, 6) is 0. The normalized spacial score (nSPS) is 19.6. The summed E-state index contributed by atoms with van der Waals surface area (Å²) in [6.45, 7) is 4.91. The van der Waals surface area contributed by atoms with E-state index in [0.29, 0.717) is 5.69 Å². The smallest absolute Gasteiger partial charge is 0.320 e. The van der Waals surface area contributed by atoms with Gasteiger partial charge >= 0.3 is 6.03 Å². The first-order valence-electron chi connectivity index (χ1n) is 5.70. The van der Waals surface area contributed by atoms with Crippen LogP contribution in [-0.4, -0.2) is 19.3 Å². The van der Waals surface area contributed by atoms with Gasteiger partial charge in [-0.2, -0.15) is 0 Å². The zero-order valence-electron chi connectivity index (χ0n) is 10.6. The Bertz CT molecular complexity index is 620. The van der Waals surface area contributed by atoms with Gasteiger partial charge in [-0.25, -0.2) is 13.2 Å². The van der Waals surface area contributed by atoms with Gasteiger partial charge in [0.15, 0.2) is 0 Å². The summed E-state index contributed by atoms with van der Waals surface area (Å²) in [7, 11) is -3.59. The summed E-state index contributed by atoms with van der Waals surface area (Å²) in [6.07, 6.45) is 0.736. The zero-order chi connectivity index (χ0) is 13.7. The minimum atomic E-state index is -3.59. The minimum Gasteiger partial charge on any atom is -0.351 e. The second-order valence-electron chi connectivity index (χ2n) is 4.78. The molecule has 6 heteroatoms. The number of urea groups is 1. The molecule has 1 heterocycles. The number of hydrogen-bond acceptors (Lipinski definition) is 3. The van der Waals surface area contributed by atoms with Gasteiger partial charge in [-0.05, 0) is 38.0 Å². The van der Waals surface area contributed by atoms with Crippen LogP contribution in [0.2, 0.25) is 0 Å². The lowest BCUT2D eigenvalue weighted by Crippen LogP contribution is -2.50. The van der Waals surface area contributed by atoms with Gasteiger partial charge in [0.2, 0.25) is 9.84 Å². The number of rotatable bonds is 1. The van der Waals surface area contributed by atoms with Gasteiger partial charge in [0.25, 0.3) is 0 Å². The summed E-state index contributed by atoms with van der Waals surface area (Å²) in [5.41, 5.74) is 6.58. The average Bonchev–Trinajstić information content (AvgIpc) is 2.43. The molecule has 0 saturated heterocycles. The van der Waals surface area contributed by atoms with Gasteiger partial charge in [0.05, 0.1) is 10.6 Å². The quantitative estimate of drug-likeness (QED) is 0.841. The molecule has 0 bridgehead atoms. The van der Waals surface area contributed by atoms with Gasteiger partial charge in [-0.1, -0.05) is 13.0 Å². The number of nitrogens with two attached hydrogens (primary N) is 1. The van der Waals surface area contributed by atoms with E-state index in [1.807, 2.05) is 13.0 Å². The Morgan fingerprint density at radius 3 is 2.50 bits per heavy atom. The van der Waals surface area contributed by atoms with Crippen LogP contribution >= 0.6 is 0 Å². The monoisotopic (exact) mass is 268 g/mol. The molecule has 1 aromatic carbocycles. The Morgan fingerprint density at radius 1 is 1.39 bits per heavy atom. The Hall–Kier alpha value is -1.56. The lowest BCUT2D eigenvalue weighted by Gasteiger charge is -2.28. The van der Waals surface area contributed by atoms with Crippen molar-refractivity contribution >= 4 is 21.6 Å². The van der Waals surface area contributed by atoms with Gasteiger partial charge in [-0.15, -0.1) is 0 Å². The van der Waals surface area contributed by atoms with E-state index >= 15 is 0 Å². The standard InChI is InChI=1S/C12H16N2O3S/c1-4-8-5-6-9-10(7-8)18(16,17)12(2,3)14(9)11(13)15/h5-7H,4H2,1-3H3,(H2,13,15). The molecule has 0 radical (unpaired) electrons. The summed E-state index contributed by atoms with van der Waals surface area (Å²) in [5, 5.41) is 0. The van der Waals surface area contributed by atoms with E-state index < -0.39 is 20.7 Å².